The Bertz CT molecular complexity index is 1270. The van der Waals surface area contributed by atoms with Gasteiger partial charge in [0.2, 0.25) is 0 Å². The molecule has 1 heterocycles. The molecule has 0 radical (unpaired) electrons. The van der Waals surface area contributed by atoms with E-state index in [2.05, 4.69) is 5.32 Å². The van der Waals surface area contributed by atoms with Crippen molar-refractivity contribution in [1.29, 1.82) is 0 Å². The van der Waals surface area contributed by atoms with Gasteiger partial charge in [0, 0.05) is 10.7 Å². The fraction of sp³-hybridized carbons (Fsp3) is 0.120. The van der Waals surface area contributed by atoms with Crippen molar-refractivity contribution in [3.63, 3.8) is 0 Å². The lowest BCUT2D eigenvalue weighted by molar-refractivity contribution is -0.120. The summed E-state index contributed by atoms with van der Waals surface area (Å²) in [5.74, 6) is -0.452. The highest BCUT2D eigenvalue weighted by Gasteiger charge is 2.40. The van der Waals surface area contributed by atoms with Crippen LogP contribution in [0.4, 0.5) is 11.4 Å². The molecule has 0 spiro atoms. The van der Waals surface area contributed by atoms with Crippen molar-refractivity contribution in [3.05, 3.63) is 93.1 Å². The number of methoxy groups -OCH3 is 1. The number of anilines is 2. The molecule has 0 saturated heterocycles. The first-order valence-corrected chi connectivity index (χ1v) is 10.6. The molecule has 4 rings (SSSR count). The maximum atomic E-state index is 13.5. The zero-order valence-electron chi connectivity index (χ0n) is 17.7. The summed E-state index contributed by atoms with van der Waals surface area (Å²) in [6.07, 6.45) is 0. The highest BCUT2D eigenvalue weighted by molar-refractivity contribution is 6.46. The summed E-state index contributed by atoms with van der Waals surface area (Å²) >= 11 is 12.3. The molecule has 2 amide bonds. The lowest BCUT2D eigenvalue weighted by Crippen LogP contribution is -2.32. The first-order valence-electron chi connectivity index (χ1n) is 9.87. The number of imide groups is 1. The van der Waals surface area contributed by atoms with Gasteiger partial charge >= 0.3 is 0 Å². The molecule has 0 saturated carbocycles. The lowest BCUT2D eigenvalue weighted by atomic mass is 10.0. The van der Waals surface area contributed by atoms with Gasteiger partial charge in [0.25, 0.3) is 11.8 Å². The van der Waals surface area contributed by atoms with Crippen LogP contribution < -0.4 is 15.0 Å². The Hall–Kier alpha value is -3.28. The summed E-state index contributed by atoms with van der Waals surface area (Å²) in [5, 5.41) is 4.06. The number of amides is 2. The quantitative estimate of drug-likeness (QED) is 0.467. The fourth-order valence-corrected chi connectivity index (χ4v) is 4.04. The van der Waals surface area contributed by atoms with Crippen LogP contribution in [0, 0.1) is 13.8 Å². The number of ether oxygens (including phenoxy) is 1. The number of aryl methyl sites for hydroxylation is 2. The van der Waals surface area contributed by atoms with Gasteiger partial charge in [-0.15, -0.1) is 0 Å². The number of halogens is 2. The van der Waals surface area contributed by atoms with Crippen LogP contribution in [-0.2, 0) is 9.59 Å². The van der Waals surface area contributed by atoms with E-state index >= 15 is 0 Å². The van der Waals surface area contributed by atoms with E-state index in [9.17, 15) is 9.59 Å². The number of carbonyl (C=O) groups excluding carboxylic acids is 2. The molecule has 0 bridgehead atoms. The van der Waals surface area contributed by atoms with E-state index in [0.29, 0.717) is 32.7 Å². The summed E-state index contributed by atoms with van der Waals surface area (Å²) in [4.78, 5) is 28.1. The standard InChI is InChI=1S/C25H20Cl2N2O3/c1-14-4-6-16(7-5-14)22-23(28-20-10-8-17(26)12-15(20)2)25(31)29(24(22)30)18-9-11-21(32-3)19(27)13-18/h4-13,28H,1-3H3. The van der Waals surface area contributed by atoms with E-state index in [0.717, 1.165) is 16.0 Å². The minimum Gasteiger partial charge on any atom is -0.495 e. The number of nitrogens with one attached hydrogen (secondary N) is 1. The summed E-state index contributed by atoms with van der Waals surface area (Å²) in [6, 6.07) is 17.6. The van der Waals surface area contributed by atoms with E-state index in [1.54, 1.807) is 36.4 Å². The van der Waals surface area contributed by atoms with Crippen LogP contribution in [0.1, 0.15) is 16.7 Å². The average molecular weight is 467 g/mol. The Labute approximate surface area is 196 Å². The van der Waals surface area contributed by atoms with Crippen molar-refractivity contribution >= 4 is 52.0 Å². The Morgan fingerprint density at radius 2 is 1.59 bits per heavy atom. The zero-order valence-corrected chi connectivity index (χ0v) is 19.2. The van der Waals surface area contributed by atoms with E-state index in [1.807, 2.05) is 38.1 Å². The maximum absolute atomic E-state index is 13.5. The highest BCUT2D eigenvalue weighted by Crippen LogP contribution is 2.37. The number of carbonyl (C=O) groups is 2. The van der Waals surface area contributed by atoms with E-state index in [4.69, 9.17) is 27.9 Å². The summed E-state index contributed by atoms with van der Waals surface area (Å²) < 4.78 is 5.19. The lowest BCUT2D eigenvalue weighted by Gasteiger charge is -2.17. The van der Waals surface area contributed by atoms with Crippen LogP contribution in [0.15, 0.2) is 66.4 Å². The molecule has 0 unspecified atom stereocenters. The molecule has 0 atom stereocenters. The van der Waals surface area contributed by atoms with Gasteiger partial charge in [-0.2, -0.15) is 0 Å². The maximum Gasteiger partial charge on any atom is 0.282 e. The van der Waals surface area contributed by atoms with Crippen LogP contribution >= 0.6 is 23.2 Å². The van der Waals surface area contributed by atoms with Crippen LogP contribution in [0.2, 0.25) is 10.0 Å². The summed E-state index contributed by atoms with van der Waals surface area (Å²) in [7, 11) is 1.50. The smallest absolute Gasteiger partial charge is 0.282 e. The second-order valence-electron chi connectivity index (χ2n) is 7.46. The van der Waals surface area contributed by atoms with Gasteiger partial charge in [0.05, 0.1) is 23.4 Å². The average Bonchev–Trinajstić information content (AvgIpc) is 3.00. The third-order valence-corrected chi connectivity index (χ3v) is 5.80. The first-order chi connectivity index (χ1) is 15.3. The number of benzene rings is 3. The van der Waals surface area contributed by atoms with Crippen molar-refractivity contribution in [2.75, 3.05) is 17.3 Å². The molecular weight excluding hydrogens is 447 g/mol. The second kappa shape index (κ2) is 8.69. The third kappa shape index (κ3) is 3.97. The minimum atomic E-state index is -0.471. The summed E-state index contributed by atoms with van der Waals surface area (Å²) in [6.45, 7) is 3.84. The largest absolute Gasteiger partial charge is 0.495 e. The Morgan fingerprint density at radius 1 is 0.875 bits per heavy atom. The molecule has 162 valence electrons. The minimum absolute atomic E-state index is 0.191. The van der Waals surface area contributed by atoms with Gasteiger partial charge < -0.3 is 10.1 Å². The molecule has 3 aromatic carbocycles. The normalized spacial score (nSPS) is 13.7. The molecule has 3 aromatic rings. The van der Waals surface area contributed by atoms with Gasteiger partial charge in [0.15, 0.2) is 0 Å². The van der Waals surface area contributed by atoms with Gasteiger partial charge in [0.1, 0.15) is 11.4 Å². The predicted molar refractivity (Wildman–Crippen MR) is 128 cm³/mol. The molecule has 0 aliphatic carbocycles. The topological polar surface area (TPSA) is 58.6 Å². The van der Waals surface area contributed by atoms with E-state index in [-0.39, 0.29) is 11.3 Å². The third-order valence-electron chi connectivity index (χ3n) is 5.27. The number of hydrogen-bond donors (Lipinski definition) is 1. The molecule has 1 aliphatic heterocycles. The number of nitrogens with zero attached hydrogens (tertiary/aromatic N) is 1. The Kier molecular flexibility index (Phi) is 5.96. The molecule has 0 fully saturated rings. The van der Waals surface area contributed by atoms with Crippen molar-refractivity contribution in [2.45, 2.75) is 13.8 Å². The van der Waals surface area contributed by atoms with Crippen molar-refractivity contribution < 1.29 is 14.3 Å². The van der Waals surface area contributed by atoms with Gasteiger partial charge in [-0.05, 0) is 61.4 Å². The van der Waals surface area contributed by atoms with Crippen LogP contribution in [0.3, 0.4) is 0 Å². The monoisotopic (exact) mass is 466 g/mol. The molecule has 1 aliphatic rings. The molecule has 32 heavy (non-hydrogen) atoms. The zero-order chi connectivity index (χ0) is 23.0. The number of rotatable bonds is 5. The van der Waals surface area contributed by atoms with Gasteiger partial charge in [-0.3, -0.25) is 9.59 Å². The predicted octanol–water partition coefficient (Wildman–Crippen LogP) is 6.02. The van der Waals surface area contributed by atoms with E-state index < -0.39 is 11.8 Å². The molecular formula is C25H20Cl2N2O3. The van der Waals surface area contributed by atoms with Crippen LogP contribution in [-0.4, -0.2) is 18.9 Å². The van der Waals surface area contributed by atoms with Crippen LogP contribution in [0.5, 0.6) is 5.75 Å². The molecule has 0 aromatic heterocycles. The fourth-order valence-electron chi connectivity index (χ4n) is 3.56. The Morgan fingerprint density at radius 3 is 2.22 bits per heavy atom. The van der Waals surface area contributed by atoms with Crippen molar-refractivity contribution in [1.82, 2.24) is 0 Å². The van der Waals surface area contributed by atoms with Gasteiger partial charge in [-0.25, -0.2) is 4.90 Å². The molecule has 7 heteroatoms. The Balaban J connectivity index is 1.83. The van der Waals surface area contributed by atoms with Crippen LogP contribution in [0.25, 0.3) is 5.57 Å². The first kappa shape index (κ1) is 21.9. The molecule has 5 nitrogen and oxygen atoms in total. The molecule has 1 N–H and O–H groups in total. The highest BCUT2D eigenvalue weighted by atomic mass is 35.5. The second-order valence-corrected chi connectivity index (χ2v) is 8.31. The SMILES string of the molecule is COc1ccc(N2C(=O)C(Nc3ccc(Cl)cc3C)=C(c3ccc(C)cc3)C2=O)cc1Cl. The van der Waals surface area contributed by atoms with Gasteiger partial charge in [-0.1, -0.05) is 53.0 Å². The van der Waals surface area contributed by atoms with Crippen molar-refractivity contribution in [2.24, 2.45) is 0 Å². The van der Waals surface area contributed by atoms with Crippen molar-refractivity contribution in [3.8, 4) is 5.75 Å². The summed E-state index contributed by atoms with van der Waals surface area (Å²) in [5.41, 5.74) is 4.06. The number of hydrogen-bond acceptors (Lipinski definition) is 4. The van der Waals surface area contributed by atoms with E-state index in [1.165, 1.54) is 7.11 Å².